The molecule has 1 rings (SSSR count). The minimum atomic E-state index is 0.0894. The Hall–Kier alpha value is -0.550. The van der Waals surface area contributed by atoms with Crippen LogP contribution >= 0.6 is 0 Å². The number of nitriles is 1. The van der Waals surface area contributed by atoms with Crippen molar-refractivity contribution in [3.05, 3.63) is 0 Å². The average molecular weight is 180 g/mol. The summed E-state index contributed by atoms with van der Waals surface area (Å²) in [4.78, 5) is 2.34. The number of rotatable bonds is 1. The molecule has 0 saturated carbocycles. The molecule has 1 unspecified atom stereocenters. The summed E-state index contributed by atoms with van der Waals surface area (Å²) in [5.74, 6) is 0. The quantitative estimate of drug-likeness (QED) is 0.619. The van der Waals surface area contributed by atoms with E-state index >= 15 is 0 Å². The Kier molecular flexibility index (Phi) is 3.33. The van der Waals surface area contributed by atoms with Crippen LogP contribution in [0.1, 0.15) is 40.0 Å². The molecule has 1 heterocycles. The van der Waals surface area contributed by atoms with Gasteiger partial charge in [0.15, 0.2) is 0 Å². The average Bonchev–Trinajstić information content (AvgIpc) is 2.05. The minimum absolute atomic E-state index is 0.0894. The van der Waals surface area contributed by atoms with Gasteiger partial charge in [-0.25, -0.2) is 0 Å². The van der Waals surface area contributed by atoms with Gasteiger partial charge in [-0.2, -0.15) is 5.26 Å². The van der Waals surface area contributed by atoms with Crippen LogP contribution in [0.3, 0.4) is 0 Å². The molecular weight excluding hydrogens is 160 g/mol. The molecule has 0 aromatic rings. The van der Waals surface area contributed by atoms with Crippen molar-refractivity contribution in [3.8, 4) is 6.07 Å². The van der Waals surface area contributed by atoms with Gasteiger partial charge in [0.05, 0.1) is 6.07 Å². The molecule has 0 aliphatic carbocycles. The Morgan fingerprint density at radius 1 is 1.15 bits per heavy atom. The highest BCUT2D eigenvalue weighted by Crippen LogP contribution is 2.26. The summed E-state index contributed by atoms with van der Waals surface area (Å²) >= 11 is 0. The highest BCUT2D eigenvalue weighted by Gasteiger charge is 2.30. The molecule has 1 aliphatic rings. The fourth-order valence-electron chi connectivity index (χ4n) is 2.00. The summed E-state index contributed by atoms with van der Waals surface area (Å²) in [6.45, 7) is 8.66. The summed E-state index contributed by atoms with van der Waals surface area (Å²) in [5, 5.41) is 9.12. The fourth-order valence-corrected chi connectivity index (χ4v) is 2.00. The summed E-state index contributed by atoms with van der Waals surface area (Å²) in [6, 6.07) is 2.53. The number of hydrogen-bond acceptors (Lipinski definition) is 2. The zero-order valence-corrected chi connectivity index (χ0v) is 9.01. The lowest BCUT2D eigenvalue weighted by Crippen LogP contribution is -2.45. The monoisotopic (exact) mass is 180 g/mol. The van der Waals surface area contributed by atoms with Crippen LogP contribution in [0.5, 0.6) is 0 Å². The molecule has 13 heavy (non-hydrogen) atoms. The third kappa shape index (κ3) is 2.70. The standard InChI is InChI=1S/C11H20N2/c1-11(2,3)10(9-12)13-7-5-4-6-8-13/h10H,4-8H2,1-3H3. The first-order chi connectivity index (χ1) is 6.05. The van der Waals surface area contributed by atoms with Gasteiger partial charge in [-0.3, -0.25) is 4.90 Å². The lowest BCUT2D eigenvalue weighted by molar-refractivity contribution is 0.117. The topological polar surface area (TPSA) is 27.0 Å². The number of nitrogens with zero attached hydrogens (tertiary/aromatic N) is 2. The van der Waals surface area contributed by atoms with Crippen molar-refractivity contribution in [1.82, 2.24) is 4.90 Å². The van der Waals surface area contributed by atoms with Gasteiger partial charge in [0, 0.05) is 0 Å². The maximum Gasteiger partial charge on any atom is 0.103 e. The Morgan fingerprint density at radius 3 is 2.08 bits per heavy atom. The Balaban J connectivity index is 2.61. The van der Waals surface area contributed by atoms with E-state index in [4.69, 9.17) is 5.26 Å². The lowest BCUT2D eigenvalue weighted by Gasteiger charge is -2.37. The maximum atomic E-state index is 9.12. The summed E-state index contributed by atoms with van der Waals surface area (Å²) in [7, 11) is 0. The highest BCUT2D eigenvalue weighted by atomic mass is 15.2. The van der Waals surface area contributed by atoms with Crippen LogP contribution in [-0.2, 0) is 0 Å². The molecule has 74 valence electrons. The number of likely N-dealkylation sites (tertiary alicyclic amines) is 1. The molecule has 0 spiro atoms. The minimum Gasteiger partial charge on any atom is -0.288 e. The van der Waals surface area contributed by atoms with E-state index in [9.17, 15) is 0 Å². The van der Waals surface area contributed by atoms with Crippen molar-refractivity contribution < 1.29 is 0 Å². The first-order valence-electron chi connectivity index (χ1n) is 5.19. The third-order valence-electron chi connectivity index (χ3n) is 2.70. The fraction of sp³-hybridized carbons (Fsp3) is 0.909. The van der Waals surface area contributed by atoms with Crippen LogP contribution in [0.15, 0.2) is 0 Å². The second-order valence-electron chi connectivity index (χ2n) is 4.99. The summed E-state index contributed by atoms with van der Waals surface area (Å²) in [5.41, 5.74) is 0.0894. The molecule has 1 atom stereocenters. The summed E-state index contributed by atoms with van der Waals surface area (Å²) in [6.07, 6.45) is 3.85. The van der Waals surface area contributed by atoms with E-state index in [-0.39, 0.29) is 11.5 Å². The molecule has 1 saturated heterocycles. The van der Waals surface area contributed by atoms with Gasteiger partial charge in [0.25, 0.3) is 0 Å². The van der Waals surface area contributed by atoms with Crippen molar-refractivity contribution in [3.63, 3.8) is 0 Å². The normalized spacial score (nSPS) is 22.3. The van der Waals surface area contributed by atoms with Gasteiger partial charge in [-0.05, 0) is 31.3 Å². The van der Waals surface area contributed by atoms with Crippen molar-refractivity contribution >= 4 is 0 Å². The van der Waals surface area contributed by atoms with Gasteiger partial charge in [0.1, 0.15) is 6.04 Å². The third-order valence-corrected chi connectivity index (χ3v) is 2.70. The molecule has 1 fully saturated rings. The molecule has 0 N–H and O–H groups in total. The molecule has 2 nitrogen and oxygen atoms in total. The van der Waals surface area contributed by atoms with Crippen LogP contribution in [-0.4, -0.2) is 24.0 Å². The zero-order valence-electron chi connectivity index (χ0n) is 9.01. The molecule has 0 aromatic heterocycles. The summed E-state index contributed by atoms with van der Waals surface area (Å²) < 4.78 is 0. The molecule has 1 aliphatic heterocycles. The van der Waals surface area contributed by atoms with Gasteiger partial charge >= 0.3 is 0 Å². The van der Waals surface area contributed by atoms with E-state index in [0.29, 0.717) is 0 Å². The SMILES string of the molecule is CC(C)(C)C(C#N)N1CCCCC1. The van der Waals surface area contributed by atoms with E-state index < -0.39 is 0 Å². The molecule has 2 heteroatoms. The van der Waals surface area contributed by atoms with Crippen LogP contribution in [0.4, 0.5) is 0 Å². The van der Waals surface area contributed by atoms with E-state index in [1.807, 2.05) is 0 Å². The van der Waals surface area contributed by atoms with Crippen LogP contribution < -0.4 is 0 Å². The van der Waals surface area contributed by atoms with Crippen LogP contribution in [0.25, 0.3) is 0 Å². The smallest absolute Gasteiger partial charge is 0.103 e. The predicted octanol–water partition coefficient (Wildman–Crippen LogP) is 2.41. The first-order valence-corrected chi connectivity index (χ1v) is 5.19. The molecular formula is C11H20N2. The first kappa shape index (κ1) is 10.5. The number of hydrogen-bond donors (Lipinski definition) is 0. The highest BCUT2D eigenvalue weighted by molar-refractivity contribution is 5.00. The Bertz CT molecular complexity index is 191. The van der Waals surface area contributed by atoms with Gasteiger partial charge in [0.2, 0.25) is 0 Å². The molecule has 0 bridgehead atoms. The van der Waals surface area contributed by atoms with Crippen molar-refractivity contribution in [2.45, 2.75) is 46.1 Å². The van der Waals surface area contributed by atoms with E-state index in [0.717, 1.165) is 13.1 Å². The van der Waals surface area contributed by atoms with Gasteiger partial charge in [-0.15, -0.1) is 0 Å². The van der Waals surface area contributed by atoms with Crippen molar-refractivity contribution in [2.24, 2.45) is 5.41 Å². The Morgan fingerprint density at radius 2 is 1.69 bits per heavy atom. The second kappa shape index (κ2) is 4.11. The van der Waals surface area contributed by atoms with Gasteiger partial charge < -0.3 is 0 Å². The zero-order chi connectivity index (χ0) is 9.90. The van der Waals surface area contributed by atoms with Crippen LogP contribution in [0.2, 0.25) is 0 Å². The van der Waals surface area contributed by atoms with E-state index in [2.05, 4.69) is 31.7 Å². The van der Waals surface area contributed by atoms with E-state index in [1.54, 1.807) is 0 Å². The maximum absolute atomic E-state index is 9.12. The molecule has 0 aromatic carbocycles. The Labute approximate surface area is 81.5 Å². The van der Waals surface area contributed by atoms with Crippen molar-refractivity contribution in [2.75, 3.05) is 13.1 Å². The second-order valence-corrected chi connectivity index (χ2v) is 4.99. The number of piperidine rings is 1. The van der Waals surface area contributed by atoms with Gasteiger partial charge in [-0.1, -0.05) is 27.2 Å². The molecule has 0 amide bonds. The largest absolute Gasteiger partial charge is 0.288 e. The van der Waals surface area contributed by atoms with E-state index in [1.165, 1.54) is 19.3 Å². The lowest BCUT2D eigenvalue weighted by atomic mass is 9.85. The van der Waals surface area contributed by atoms with Crippen LogP contribution in [0, 0.1) is 16.7 Å². The molecule has 0 radical (unpaired) electrons. The predicted molar refractivity (Wildman–Crippen MR) is 54.3 cm³/mol. The van der Waals surface area contributed by atoms with Crippen molar-refractivity contribution in [1.29, 1.82) is 5.26 Å².